The molecule has 1 aliphatic rings. The van der Waals surface area contributed by atoms with Crippen molar-refractivity contribution < 1.29 is 14.3 Å². The van der Waals surface area contributed by atoms with Crippen LogP contribution in [0.2, 0.25) is 5.02 Å². The summed E-state index contributed by atoms with van der Waals surface area (Å²) in [7, 11) is 0. The van der Waals surface area contributed by atoms with Crippen LogP contribution in [-0.2, 0) is 0 Å². The molecule has 20 heavy (non-hydrogen) atoms. The van der Waals surface area contributed by atoms with Gasteiger partial charge in [0.2, 0.25) is 6.79 Å². The van der Waals surface area contributed by atoms with E-state index in [9.17, 15) is 4.79 Å². The molecule has 1 N–H and O–H groups in total. The molecular formula is C14H11ClN2O3. The Kier molecular flexibility index (Phi) is 3.20. The second-order valence-corrected chi connectivity index (χ2v) is 4.77. The van der Waals surface area contributed by atoms with Gasteiger partial charge in [0.1, 0.15) is 5.82 Å². The maximum atomic E-state index is 12.1. The fourth-order valence-corrected chi connectivity index (χ4v) is 2.09. The number of nitrogens with one attached hydrogen (secondary N) is 1. The van der Waals surface area contributed by atoms with Crippen molar-refractivity contribution in [3.05, 3.63) is 46.6 Å². The zero-order valence-corrected chi connectivity index (χ0v) is 11.4. The summed E-state index contributed by atoms with van der Waals surface area (Å²) >= 11 is 6.04. The lowest BCUT2D eigenvalue weighted by Crippen LogP contribution is -2.12. The minimum Gasteiger partial charge on any atom is -0.454 e. The molecule has 0 atom stereocenters. The zero-order chi connectivity index (χ0) is 14.1. The number of carbonyl (C=O) groups excluding carboxylic acids is 1. The van der Waals surface area contributed by atoms with Crippen molar-refractivity contribution in [2.45, 2.75) is 6.92 Å². The summed E-state index contributed by atoms with van der Waals surface area (Å²) in [6.07, 6.45) is 1.68. The minimum absolute atomic E-state index is 0.111. The number of hydrogen-bond acceptors (Lipinski definition) is 4. The second-order valence-electron chi connectivity index (χ2n) is 4.37. The summed E-state index contributed by atoms with van der Waals surface area (Å²) in [5.41, 5.74) is 1.41. The Morgan fingerprint density at radius 3 is 2.95 bits per heavy atom. The first kappa shape index (κ1) is 12.7. The van der Waals surface area contributed by atoms with Crippen molar-refractivity contribution in [2.24, 2.45) is 0 Å². The number of amides is 1. The van der Waals surface area contributed by atoms with Crippen molar-refractivity contribution in [3.63, 3.8) is 0 Å². The van der Waals surface area contributed by atoms with Gasteiger partial charge in [-0.2, -0.15) is 0 Å². The van der Waals surface area contributed by atoms with Crippen LogP contribution >= 0.6 is 11.6 Å². The van der Waals surface area contributed by atoms with Gasteiger partial charge in [0.25, 0.3) is 5.91 Å². The Labute approximate surface area is 120 Å². The van der Waals surface area contributed by atoms with Gasteiger partial charge in [-0.25, -0.2) is 4.98 Å². The van der Waals surface area contributed by atoms with Crippen LogP contribution in [0.15, 0.2) is 30.5 Å². The molecule has 0 unspecified atom stereocenters. The van der Waals surface area contributed by atoms with Crippen LogP contribution < -0.4 is 14.8 Å². The van der Waals surface area contributed by atoms with Crippen LogP contribution in [0.4, 0.5) is 5.82 Å². The highest BCUT2D eigenvalue weighted by molar-refractivity contribution is 6.32. The second kappa shape index (κ2) is 5.02. The van der Waals surface area contributed by atoms with Crippen LogP contribution in [0.1, 0.15) is 15.9 Å². The summed E-state index contributed by atoms with van der Waals surface area (Å²) in [6.45, 7) is 2.04. The molecule has 0 radical (unpaired) electrons. The lowest BCUT2D eigenvalue weighted by atomic mass is 10.2. The SMILES string of the molecule is Cc1ccc(NC(=O)c2cc(Cl)c3c(c2)OCO3)nc1. The highest BCUT2D eigenvalue weighted by Gasteiger charge is 2.20. The van der Waals surface area contributed by atoms with E-state index in [0.717, 1.165) is 5.56 Å². The summed E-state index contributed by atoms with van der Waals surface area (Å²) in [5.74, 6) is 1.12. The van der Waals surface area contributed by atoms with Crippen LogP contribution in [0.5, 0.6) is 11.5 Å². The number of ether oxygens (including phenoxy) is 2. The van der Waals surface area contributed by atoms with E-state index in [0.29, 0.717) is 27.9 Å². The largest absolute Gasteiger partial charge is 0.454 e. The molecule has 102 valence electrons. The molecule has 0 bridgehead atoms. The van der Waals surface area contributed by atoms with Gasteiger partial charge in [-0.05, 0) is 30.7 Å². The van der Waals surface area contributed by atoms with Crippen molar-refractivity contribution >= 4 is 23.3 Å². The molecule has 5 nitrogen and oxygen atoms in total. The first-order valence-corrected chi connectivity index (χ1v) is 6.34. The minimum atomic E-state index is -0.304. The van der Waals surface area contributed by atoms with Gasteiger partial charge in [0, 0.05) is 11.8 Å². The zero-order valence-electron chi connectivity index (χ0n) is 10.6. The lowest BCUT2D eigenvalue weighted by molar-refractivity contribution is 0.102. The van der Waals surface area contributed by atoms with Crippen LogP contribution in [0.3, 0.4) is 0 Å². The lowest BCUT2D eigenvalue weighted by Gasteiger charge is -2.06. The van der Waals surface area contributed by atoms with Crippen molar-refractivity contribution in [1.29, 1.82) is 0 Å². The van der Waals surface area contributed by atoms with Crippen LogP contribution in [0.25, 0.3) is 0 Å². The van der Waals surface area contributed by atoms with E-state index in [2.05, 4.69) is 10.3 Å². The standard InChI is InChI=1S/C14H11ClN2O3/c1-8-2-3-12(16-6-8)17-14(18)9-4-10(15)13-11(5-9)19-7-20-13/h2-6H,7H2,1H3,(H,16,17,18). The average molecular weight is 291 g/mol. The van der Waals surface area contributed by atoms with Gasteiger partial charge in [-0.1, -0.05) is 17.7 Å². The fourth-order valence-electron chi connectivity index (χ4n) is 1.83. The van der Waals surface area contributed by atoms with Gasteiger partial charge in [0.05, 0.1) is 5.02 Å². The normalized spacial score (nSPS) is 12.3. The predicted molar refractivity (Wildman–Crippen MR) is 74.5 cm³/mol. The first-order chi connectivity index (χ1) is 9.63. The third-order valence-electron chi connectivity index (χ3n) is 2.84. The van der Waals surface area contributed by atoms with Gasteiger partial charge < -0.3 is 14.8 Å². The molecular weight excluding hydrogens is 280 g/mol. The summed E-state index contributed by atoms with van der Waals surface area (Å²) < 4.78 is 10.4. The number of pyridine rings is 1. The number of fused-ring (bicyclic) bond motifs is 1. The molecule has 0 spiro atoms. The molecule has 0 saturated heterocycles. The van der Waals surface area contributed by atoms with Crippen LogP contribution in [-0.4, -0.2) is 17.7 Å². The number of nitrogens with zero attached hydrogens (tertiary/aromatic N) is 1. The molecule has 3 rings (SSSR count). The molecule has 0 saturated carbocycles. The summed E-state index contributed by atoms with van der Waals surface area (Å²) in [5, 5.41) is 3.05. The topological polar surface area (TPSA) is 60.5 Å². The average Bonchev–Trinajstić information content (AvgIpc) is 2.90. The monoisotopic (exact) mass is 290 g/mol. The quantitative estimate of drug-likeness (QED) is 0.923. The van der Waals surface area contributed by atoms with E-state index in [1.54, 1.807) is 24.4 Å². The number of aromatic nitrogens is 1. The molecule has 0 fully saturated rings. The van der Waals surface area contributed by atoms with Crippen LogP contribution in [0, 0.1) is 6.92 Å². The third-order valence-corrected chi connectivity index (χ3v) is 3.12. The molecule has 1 amide bonds. The van der Waals surface area contributed by atoms with Crippen molar-refractivity contribution in [1.82, 2.24) is 4.98 Å². The Morgan fingerprint density at radius 2 is 2.20 bits per heavy atom. The predicted octanol–water partition coefficient (Wildman–Crippen LogP) is 3.02. The first-order valence-electron chi connectivity index (χ1n) is 5.96. The molecule has 2 aromatic rings. The van der Waals surface area contributed by atoms with E-state index in [1.807, 2.05) is 13.0 Å². The molecule has 0 aliphatic carbocycles. The van der Waals surface area contributed by atoms with Gasteiger partial charge in [-0.15, -0.1) is 0 Å². The molecule has 1 aromatic heterocycles. The third kappa shape index (κ3) is 2.40. The Morgan fingerprint density at radius 1 is 1.35 bits per heavy atom. The number of halogens is 1. The van der Waals surface area contributed by atoms with E-state index >= 15 is 0 Å². The van der Waals surface area contributed by atoms with Gasteiger partial charge >= 0.3 is 0 Å². The Balaban J connectivity index is 1.84. The smallest absolute Gasteiger partial charge is 0.257 e. The van der Waals surface area contributed by atoms with E-state index in [1.165, 1.54) is 0 Å². The van der Waals surface area contributed by atoms with Crippen molar-refractivity contribution in [3.8, 4) is 11.5 Å². The number of rotatable bonds is 2. The highest BCUT2D eigenvalue weighted by Crippen LogP contribution is 2.39. The maximum Gasteiger partial charge on any atom is 0.257 e. The number of carbonyl (C=O) groups is 1. The van der Waals surface area contributed by atoms with E-state index < -0.39 is 0 Å². The Bertz CT molecular complexity index is 671. The maximum absolute atomic E-state index is 12.1. The Hall–Kier alpha value is -2.27. The molecule has 1 aliphatic heterocycles. The number of hydrogen-bond donors (Lipinski definition) is 1. The van der Waals surface area contributed by atoms with Crippen molar-refractivity contribution in [2.75, 3.05) is 12.1 Å². The summed E-state index contributed by atoms with van der Waals surface area (Å²) in [6, 6.07) is 6.74. The molecule has 1 aromatic carbocycles. The van der Waals surface area contributed by atoms with E-state index in [-0.39, 0.29) is 12.7 Å². The number of benzene rings is 1. The van der Waals surface area contributed by atoms with Gasteiger partial charge in [-0.3, -0.25) is 4.79 Å². The number of aryl methyl sites for hydroxylation is 1. The van der Waals surface area contributed by atoms with Gasteiger partial charge in [0.15, 0.2) is 11.5 Å². The fraction of sp³-hybridized carbons (Fsp3) is 0.143. The summed E-state index contributed by atoms with van der Waals surface area (Å²) in [4.78, 5) is 16.3. The molecule has 2 heterocycles. The highest BCUT2D eigenvalue weighted by atomic mass is 35.5. The number of anilines is 1. The van der Waals surface area contributed by atoms with E-state index in [4.69, 9.17) is 21.1 Å². The molecule has 6 heteroatoms.